The van der Waals surface area contributed by atoms with Gasteiger partial charge in [-0.15, -0.1) is 0 Å². The van der Waals surface area contributed by atoms with Gasteiger partial charge < -0.3 is 0 Å². The Bertz CT molecular complexity index is 1710. The fourth-order valence-electron chi connectivity index (χ4n) is 6.14. The monoisotopic (exact) mass is 495 g/mol. The molecule has 1 heterocycles. The molecule has 6 aromatic rings. The Kier molecular flexibility index (Phi) is 5.91. The van der Waals surface area contributed by atoms with E-state index in [2.05, 4.69) is 109 Å². The van der Waals surface area contributed by atoms with Gasteiger partial charge in [-0.2, -0.15) is 0 Å². The van der Waals surface area contributed by atoms with E-state index >= 15 is 0 Å². The molecule has 0 N–H and O–H groups in total. The molecule has 0 saturated heterocycles. The zero-order valence-corrected chi connectivity index (χ0v) is 21.7. The predicted molar refractivity (Wildman–Crippen MR) is 159 cm³/mol. The van der Waals surface area contributed by atoms with Gasteiger partial charge in [0.05, 0.1) is 5.52 Å². The van der Waals surface area contributed by atoms with Crippen LogP contribution in [0.15, 0.2) is 119 Å². The molecule has 0 atom stereocenters. The van der Waals surface area contributed by atoms with E-state index < -0.39 is 0 Å². The maximum absolute atomic E-state index is 4.90. The zero-order valence-electron chi connectivity index (χ0n) is 20.9. The van der Waals surface area contributed by atoms with Crippen molar-refractivity contribution >= 4 is 44.2 Å². The van der Waals surface area contributed by atoms with E-state index in [9.17, 15) is 0 Å². The molecule has 0 radical (unpaired) electrons. The van der Waals surface area contributed by atoms with Gasteiger partial charge in [0.1, 0.15) is 0 Å². The van der Waals surface area contributed by atoms with Gasteiger partial charge in [0, 0.05) is 32.1 Å². The first kappa shape index (κ1) is 22.6. The molecule has 180 valence electrons. The molecule has 1 saturated carbocycles. The molecule has 1 nitrogen and oxygen atoms in total. The molecule has 0 aliphatic heterocycles. The van der Waals surface area contributed by atoms with Crippen molar-refractivity contribution in [3.8, 4) is 11.1 Å². The van der Waals surface area contributed by atoms with Crippen LogP contribution >= 0.6 is 11.8 Å². The summed E-state index contributed by atoms with van der Waals surface area (Å²) < 4.78 is 0. The molecule has 2 heteroatoms. The van der Waals surface area contributed by atoms with Crippen molar-refractivity contribution in [3.63, 3.8) is 0 Å². The largest absolute Gasteiger partial charge is 0.256 e. The van der Waals surface area contributed by atoms with Crippen molar-refractivity contribution in [2.75, 3.05) is 0 Å². The van der Waals surface area contributed by atoms with Crippen molar-refractivity contribution in [2.24, 2.45) is 0 Å². The zero-order chi connectivity index (χ0) is 24.6. The molecule has 1 aliphatic rings. The van der Waals surface area contributed by atoms with Gasteiger partial charge in [0.15, 0.2) is 0 Å². The van der Waals surface area contributed by atoms with E-state index in [1.54, 1.807) is 0 Å². The number of benzene rings is 5. The Morgan fingerprint density at radius 2 is 1.27 bits per heavy atom. The minimum atomic E-state index is 0.731. The maximum Gasteiger partial charge on any atom is 0.0708 e. The summed E-state index contributed by atoms with van der Waals surface area (Å²) in [7, 11) is 0. The third-order valence-corrected chi connectivity index (χ3v) is 9.09. The van der Waals surface area contributed by atoms with Crippen LogP contribution in [0, 0.1) is 0 Å². The molecule has 37 heavy (non-hydrogen) atoms. The number of rotatable bonds is 4. The lowest BCUT2D eigenvalue weighted by atomic mass is 9.84. The maximum atomic E-state index is 4.90. The van der Waals surface area contributed by atoms with Crippen LogP contribution in [0.25, 0.3) is 43.6 Å². The number of para-hydroxylation sites is 1. The lowest BCUT2D eigenvalue weighted by Gasteiger charge is -2.22. The first-order valence-corrected chi connectivity index (χ1v) is 14.2. The summed E-state index contributed by atoms with van der Waals surface area (Å²) in [5.41, 5.74) is 5.04. The third kappa shape index (κ3) is 4.10. The molecule has 1 aliphatic carbocycles. The quantitative estimate of drug-likeness (QED) is 0.178. The summed E-state index contributed by atoms with van der Waals surface area (Å²) >= 11 is 1.89. The Balaban J connectivity index is 1.46. The highest BCUT2D eigenvalue weighted by atomic mass is 32.2. The first-order chi connectivity index (χ1) is 18.4. The number of nitrogens with zero attached hydrogens (tertiary/aromatic N) is 1. The summed E-state index contributed by atoms with van der Waals surface area (Å²) in [6, 6.07) is 37.6. The van der Waals surface area contributed by atoms with E-state index in [-0.39, 0.29) is 0 Å². The lowest BCUT2D eigenvalue weighted by molar-refractivity contribution is 0.443. The standard InChI is InChI=1S/C35H29NS/c1-3-11-24(12-4-1)25-19-21-27(22-20-25)37-35-29-16-8-7-15-28(29)33(26-13-5-2-6-14-26)31-23-36-32-18-10-9-17-30(32)34(31)35/h2,5-10,13-24H,1,3-4,11-12H2. The van der Waals surface area contributed by atoms with Crippen molar-refractivity contribution in [3.05, 3.63) is 115 Å². The molecule has 0 bridgehead atoms. The van der Waals surface area contributed by atoms with E-state index in [1.807, 2.05) is 11.8 Å². The number of hydrogen-bond donors (Lipinski definition) is 0. The number of hydrogen-bond acceptors (Lipinski definition) is 2. The first-order valence-electron chi connectivity index (χ1n) is 13.4. The van der Waals surface area contributed by atoms with Gasteiger partial charge in [0.2, 0.25) is 0 Å². The minimum Gasteiger partial charge on any atom is -0.256 e. The van der Waals surface area contributed by atoms with Crippen LogP contribution in [0.1, 0.15) is 43.6 Å². The van der Waals surface area contributed by atoms with Gasteiger partial charge in [-0.3, -0.25) is 4.98 Å². The Morgan fingerprint density at radius 1 is 0.595 bits per heavy atom. The highest BCUT2D eigenvalue weighted by Gasteiger charge is 2.19. The smallest absolute Gasteiger partial charge is 0.0708 e. The van der Waals surface area contributed by atoms with Gasteiger partial charge in [0.25, 0.3) is 0 Å². The Hall–Kier alpha value is -3.62. The lowest BCUT2D eigenvalue weighted by Crippen LogP contribution is -2.04. The van der Waals surface area contributed by atoms with Crippen LogP contribution in [-0.4, -0.2) is 4.98 Å². The van der Waals surface area contributed by atoms with Crippen molar-refractivity contribution in [1.29, 1.82) is 0 Å². The second-order valence-corrected chi connectivity index (χ2v) is 11.3. The molecule has 0 spiro atoms. The summed E-state index contributed by atoms with van der Waals surface area (Å²) in [5.74, 6) is 0.731. The minimum absolute atomic E-state index is 0.731. The topological polar surface area (TPSA) is 12.9 Å². The van der Waals surface area contributed by atoms with Crippen LogP contribution in [0.4, 0.5) is 0 Å². The summed E-state index contributed by atoms with van der Waals surface area (Å²) in [6.45, 7) is 0. The Morgan fingerprint density at radius 3 is 2.05 bits per heavy atom. The normalized spacial score (nSPS) is 14.5. The SMILES string of the molecule is c1ccc(-c2c3ccccc3c(Sc3ccc(C4CCCCC4)cc3)c3c2cnc2ccccc23)cc1. The molecule has 7 rings (SSSR count). The third-order valence-electron chi connectivity index (χ3n) is 7.95. The predicted octanol–water partition coefficient (Wildman–Crippen LogP) is 10.4. The molecule has 5 aromatic carbocycles. The fourth-order valence-corrected chi connectivity index (χ4v) is 7.26. The van der Waals surface area contributed by atoms with Gasteiger partial charge in [-0.05, 0) is 64.4 Å². The number of pyridine rings is 1. The van der Waals surface area contributed by atoms with Crippen molar-refractivity contribution in [1.82, 2.24) is 4.98 Å². The number of fused-ring (bicyclic) bond motifs is 4. The fraction of sp³-hybridized carbons (Fsp3) is 0.171. The second-order valence-electron chi connectivity index (χ2n) is 10.2. The summed E-state index contributed by atoms with van der Waals surface area (Å²) in [4.78, 5) is 7.51. The van der Waals surface area contributed by atoms with Crippen LogP contribution < -0.4 is 0 Å². The number of aromatic nitrogens is 1. The highest BCUT2D eigenvalue weighted by Crippen LogP contribution is 2.47. The van der Waals surface area contributed by atoms with Crippen molar-refractivity contribution < 1.29 is 0 Å². The molecule has 0 unspecified atom stereocenters. The Labute approximate surface area is 222 Å². The molecule has 0 amide bonds. The van der Waals surface area contributed by atoms with E-state index in [1.165, 1.54) is 85.5 Å². The van der Waals surface area contributed by atoms with Crippen LogP contribution in [0.3, 0.4) is 0 Å². The second kappa shape index (κ2) is 9.68. The molecular weight excluding hydrogens is 466 g/mol. The van der Waals surface area contributed by atoms with Gasteiger partial charge in [-0.25, -0.2) is 0 Å². The van der Waals surface area contributed by atoms with E-state index in [0.717, 1.165) is 11.4 Å². The summed E-state index contributed by atoms with van der Waals surface area (Å²) in [6.07, 6.45) is 8.89. The molecular formula is C35H29NS. The summed E-state index contributed by atoms with van der Waals surface area (Å²) in [5, 5.41) is 6.30. The van der Waals surface area contributed by atoms with Gasteiger partial charge >= 0.3 is 0 Å². The van der Waals surface area contributed by atoms with E-state index in [4.69, 9.17) is 4.98 Å². The van der Waals surface area contributed by atoms with Gasteiger partial charge in [-0.1, -0.05) is 116 Å². The van der Waals surface area contributed by atoms with Crippen LogP contribution in [0.2, 0.25) is 0 Å². The molecule has 1 fully saturated rings. The highest BCUT2D eigenvalue weighted by molar-refractivity contribution is 7.99. The van der Waals surface area contributed by atoms with E-state index in [0.29, 0.717) is 0 Å². The van der Waals surface area contributed by atoms with Crippen LogP contribution in [-0.2, 0) is 0 Å². The molecule has 1 aromatic heterocycles. The van der Waals surface area contributed by atoms with Crippen molar-refractivity contribution in [2.45, 2.75) is 47.8 Å². The van der Waals surface area contributed by atoms with Crippen LogP contribution in [0.5, 0.6) is 0 Å². The average Bonchev–Trinajstić information content (AvgIpc) is 2.98. The average molecular weight is 496 g/mol.